The molecule has 0 saturated heterocycles. The van der Waals surface area contributed by atoms with Gasteiger partial charge in [0.25, 0.3) is 0 Å². The molecule has 0 spiro atoms. The summed E-state index contributed by atoms with van der Waals surface area (Å²) in [5.74, 6) is -1.45. The van der Waals surface area contributed by atoms with Gasteiger partial charge >= 0.3 is 5.97 Å². The summed E-state index contributed by atoms with van der Waals surface area (Å²) >= 11 is 12.1. The fourth-order valence-electron chi connectivity index (χ4n) is 1.79. The van der Waals surface area contributed by atoms with Crippen LogP contribution in [0.1, 0.15) is 19.4 Å². The summed E-state index contributed by atoms with van der Waals surface area (Å²) in [7, 11) is 0. The summed E-state index contributed by atoms with van der Waals surface area (Å²) in [6, 6.07) is 3.48. The van der Waals surface area contributed by atoms with E-state index in [0.717, 1.165) is 11.3 Å². The van der Waals surface area contributed by atoms with E-state index in [1.165, 1.54) is 12.0 Å². The second-order valence-electron chi connectivity index (χ2n) is 4.28. The molecule has 1 unspecified atom stereocenters. The first kappa shape index (κ1) is 16.5. The highest BCUT2D eigenvalue weighted by Gasteiger charge is 2.36. The van der Waals surface area contributed by atoms with Crippen molar-refractivity contribution in [1.82, 2.24) is 5.06 Å². The summed E-state index contributed by atoms with van der Waals surface area (Å²) < 4.78 is 0. The Morgan fingerprint density at radius 3 is 2.74 bits per heavy atom. The van der Waals surface area contributed by atoms with E-state index in [1.807, 2.05) is 0 Å². The van der Waals surface area contributed by atoms with E-state index in [4.69, 9.17) is 33.8 Å². The average molecular weight is 371 g/mol. The highest BCUT2D eigenvalue weighted by atomic mass is 79.9. The zero-order valence-electron chi connectivity index (χ0n) is 10.4. The van der Waals surface area contributed by atoms with Gasteiger partial charge in [-0.2, -0.15) is 0 Å². The molecule has 0 amide bonds. The van der Waals surface area contributed by atoms with Crippen molar-refractivity contribution in [3.8, 4) is 0 Å². The molecule has 8 heteroatoms. The standard InChI is InChI=1S/C11H13Cl2N3O2.BrH/c1-6(17)18-16-5-7-9(15-11(16,2)14)4-3-8(12)10(7)13;/h3-4,15H,5,14H2,1-2H3;1H. The average Bonchev–Trinajstić information content (AvgIpc) is 2.25. The second-order valence-corrected chi connectivity index (χ2v) is 5.06. The number of nitrogens with one attached hydrogen (secondary N) is 1. The van der Waals surface area contributed by atoms with Crippen LogP contribution in [0.15, 0.2) is 12.1 Å². The number of carbonyl (C=O) groups is 1. The molecule has 1 aromatic carbocycles. The maximum atomic E-state index is 11.1. The largest absolute Gasteiger partial charge is 0.364 e. The minimum Gasteiger partial charge on any atom is -0.364 e. The molecular formula is C11H14BrCl2N3O2. The number of hydrogen-bond acceptors (Lipinski definition) is 5. The van der Waals surface area contributed by atoms with E-state index < -0.39 is 11.8 Å². The summed E-state index contributed by atoms with van der Waals surface area (Å²) in [5.41, 5.74) is 7.55. The van der Waals surface area contributed by atoms with Crippen molar-refractivity contribution in [3.05, 3.63) is 27.7 Å². The van der Waals surface area contributed by atoms with Crippen molar-refractivity contribution in [2.75, 3.05) is 5.32 Å². The molecule has 0 aromatic heterocycles. The molecule has 1 aliphatic rings. The van der Waals surface area contributed by atoms with Crippen LogP contribution in [0.5, 0.6) is 0 Å². The molecule has 1 aromatic rings. The van der Waals surface area contributed by atoms with Crippen molar-refractivity contribution in [2.45, 2.75) is 26.2 Å². The zero-order chi connectivity index (χ0) is 13.5. The lowest BCUT2D eigenvalue weighted by atomic mass is 10.1. The molecule has 0 saturated carbocycles. The van der Waals surface area contributed by atoms with Gasteiger partial charge in [0.1, 0.15) is 0 Å². The first-order valence-electron chi connectivity index (χ1n) is 5.31. The van der Waals surface area contributed by atoms with Crippen LogP contribution < -0.4 is 11.1 Å². The van der Waals surface area contributed by atoms with E-state index in [-0.39, 0.29) is 23.5 Å². The fraction of sp³-hybridized carbons (Fsp3) is 0.364. The molecule has 1 atom stereocenters. The van der Waals surface area contributed by atoms with Gasteiger partial charge in [-0.25, -0.2) is 0 Å². The Kier molecular flexibility index (Phi) is 5.08. The van der Waals surface area contributed by atoms with Crippen LogP contribution in [0.2, 0.25) is 10.0 Å². The van der Waals surface area contributed by atoms with Gasteiger partial charge in [0.2, 0.25) is 0 Å². The molecule has 0 aliphatic carbocycles. The summed E-state index contributed by atoms with van der Waals surface area (Å²) in [5, 5.41) is 5.25. The molecular weight excluding hydrogens is 357 g/mol. The molecule has 0 fully saturated rings. The number of benzene rings is 1. The number of nitrogens with two attached hydrogens (primary N) is 1. The normalized spacial score (nSPS) is 21.9. The third-order valence-corrected chi connectivity index (χ3v) is 3.49. The second kappa shape index (κ2) is 5.85. The van der Waals surface area contributed by atoms with Gasteiger partial charge in [-0.3, -0.25) is 10.5 Å². The molecule has 5 nitrogen and oxygen atoms in total. The molecule has 2 rings (SSSR count). The Hall–Kier alpha value is -0.530. The Labute approximate surface area is 131 Å². The van der Waals surface area contributed by atoms with Gasteiger partial charge in [-0.15, -0.1) is 17.0 Å². The van der Waals surface area contributed by atoms with E-state index in [9.17, 15) is 4.79 Å². The summed E-state index contributed by atoms with van der Waals surface area (Å²) in [4.78, 5) is 16.1. The Balaban J connectivity index is 0.00000180. The van der Waals surface area contributed by atoms with Crippen LogP contribution in [0.3, 0.4) is 0 Å². The van der Waals surface area contributed by atoms with Gasteiger partial charge in [-0.1, -0.05) is 28.3 Å². The van der Waals surface area contributed by atoms with E-state index >= 15 is 0 Å². The number of carbonyl (C=O) groups excluding carboxylic acids is 1. The highest BCUT2D eigenvalue weighted by Crippen LogP contribution is 2.37. The minimum absolute atomic E-state index is 0. The first-order valence-corrected chi connectivity index (χ1v) is 6.07. The molecule has 3 N–H and O–H groups in total. The predicted molar refractivity (Wildman–Crippen MR) is 80.3 cm³/mol. The summed E-state index contributed by atoms with van der Waals surface area (Å²) in [6.07, 6.45) is 0. The van der Waals surface area contributed by atoms with Crippen LogP contribution in [-0.4, -0.2) is 16.8 Å². The number of hydroxylamine groups is 2. The lowest BCUT2D eigenvalue weighted by Gasteiger charge is -2.41. The summed E-state index contributed by atoms with van der Waals surface area (Å²) in [6.45, 7) is 3.28. The minimum atomic E-state index is -1.00. The lowest BCUT2D eigenvalue weighted by Crippen LogP contribution is -2.61. The van der Waals surface area contributed by atoms with Gasteiger partial charge in [-0.05, 0) is 19.1 Å². The topological polar surface area (TPSA) is 67.6 Å². The molecule has 19 heavy (non-hydrogen) atoms. The molecule has 1 heterocycles. The Bertz CT molecular complexity index is 511. The van der Waals surface area contributed by atoms with Crippen molar-refractivity contribution >= 4 is 51.8 Å². The third-order valence-electron chi connectivity index (χ3n) is 2.64. The number of hydrogen-bond donors (Lipinski definition) is 2. The first-order chi connectivity index (χ1) is 8.31. The van der Waals surface area contributed by atoms with Crippen molar-refractivity contribution in [2.24, 2.45) is 5.73 Å². The Morgan fingerprint density at radius 1 is 1.53 bits per heavy atom. The quantitative estimate of drug-likeness (QED) is 0.795. The number of anilines is 1. The van der Waals surface area contributed by atoms with Crippen molar-refractivity contribution in [1.29, 1.82) is 0 Å². The third kappa shape index (κ3) is 3.32. The highest BCUT2D eigenvalue weighted by molar-refractivity contribution is 8.93. The zero-order valence-corrected chi connectivity index (χ0v) is 13.6. The van der Waals surface area contributed by atoms with Gasteiger partial charge in [0.05, 0.1) is 16.6 Å². The van der Waals surface area contributed by atoms with Crippen molar-refractivity contribution in [3.63, 3.8) is 0 Å². The van der Waals surface area contributed by atoms with Gasteiger partial charge in [0.15, 0.2) is 5.79 Å². The number of halogens is 3. The number of rotatable bonds is 1. The number of nitrogens with zero attached hydrogens (tertiary/aromatic N) is 1. The van der Waals surface area contributed by atoms with Crippen LogP contribution in [0, 0.1) is 0 Å². The maximum Gasteiger partial charge on any atom is 0.322 e. The van der Waals surface area contributed by atoms with E-state index in [2.05, 4.69) is 5.32 Å². The molecule has 106 valence electrons. The maximum absolute atomic E-state index is 11.1. The van der Waals surface area contributed by atoms with Gasteiger partial charge < -0.3 is 10.2 Å². The SMILES string of the molecule is Br.CC(=O)ON1Cc2c(ccc(Cl)c2Cl)NC1(C)N. The number of fused-ring (bicyclic) bond motifs is 1. The van der Waals surface area contributed by atoms with E-state index in [1.54, 1.807) is 19.1 Å². The molecule has 1 aliphatic heterocycles. The van der Waals surface area contributed by atoms with Crippen LogP contribution in [0.4, 0.5) is 5.69 Å². The van der Waals surface area contributed by atoms with Crippen LogP contribution in [0.25, 0.3) is 0 Å². The fourth-order valence-corrected chi connectivity index (χ4v) is 2.19. The molecule has 0 bridgehead atoms. The van der Waals surface area contributed by atoms with Gasteiger partial charge in [0, 0.05) is 18.2 Å². The molecule has 0 radical (unpaired) electrons. The Morgan fingerprint density at radius 2 is 2.16 bits per heavy atom. The van der Waals surface area contributed by atoms with Crippen LogP contribution in [-0.2, 0) is 16.2 Å². The predicted octanol–water partition coefficient (Wildman–Crippen LogP) is 2.91. The monoisotopic (exact) mass is 369 g/mol. The lowest BCUT2D eigenvalue weighted by molar-refractivity contribution is -0.218. The van der Waals surface area contributed by atoms with Crippen molar-refractivity contribution < 1.29 is 9.63 Å². The van der Waals surface area contributed by atoms with E-state index in [0.29, 0.717) is 10.0 Å². The smallest absolute Gasteiger partial charge is 0.322 e. The van der Waals surface area contributed by atoms with Crippen LogP contribution >= 0.6 is 40.2 Å².